The van der Waals surface area contributed by atoms with Crippen LogP contribution in [0, 0.1) is 0 Å². The van der Waals surface area contributed by atoms with Gasteiger partial charge in [0, 0.05) is 43.4 Å². The number of hydrogen-bond donors (Lipinski definition) is 1. The molecular weight excluding hydrogens is 324 g/mol. The first-order valence-corrected chi connectivity index (χ1v) is 7.71. The molecule has 0 bridgehead atoms. The molecule has 1 aliphatic carbocycles. The zero-order chi connectivity index (χ0) is 14.2. The molecule has 1 atom stereocenters. The number of methoxy groups -OCH3 is 1. The van der Waals surface area contributed by atoms with Crippen molar-refractivity contribution in [2.24, 2.45) is 0 Å². The SMILES string of the molecule is COC1(CNC(=O)c2cc(Br)cn2C2CC2)CCOC1. The number of aromatic nitrogens is 1. The fourth-order valence-electron chi connectivity index (χ4n) is 2.58. The number of carbonyl (C=O) groups excluding carboxylic acids is 1. The maximum absolute atomic E-state index is 12.4. The van der Waals surface area contributed by atoms with E-state index in [1.165, 1.54) is 0 Å². The highest BCUT2D eigenvalue weighted by Gasteiger charge is 2.36. The van der Waals surface area contributed by atoms with Gasteiger partial charge < -0.3 is 19.4 Å². The van der Waals surface area contributed by atoms with E-state index in [2.05, 4.69) is 25.8 Å². The predicted molar refractivity (Wildman–Crippen MR) is 77.9 cm³/mol. The summed E-state index contributed by atoms with van der Waals surface area (Å²) in [7, 11) is 1.67. The van der Waals surface area contributed by atoms with E-state index >= 15 is 0 Å². The molecule has 5 nitrogen and oxygen atoms in total. The zero-order valence-electron chi connectivity index (χ0n) is 11.5. The maximum atomic E-state index is 12.4. The molecule has 1 amide bonds. The average Bonchev–Trinajstić information content (AvgIpc) is 3.06. The van der Waals surface area contributed by atoms with Gasteiger partial charge in [-0.05, 0) is 34.8 Å². The molecule has 1 aliphatic heterocycles. The number of nitrogens with zero attached hydrogens (tertiary/aromatic N) is 1. The van der Waals surface area contributed by atoms with Crippen molar-refractivity contribution in [3.05, 3.63) is 22.4 Å². The Morgan fingerprint density at radius 3 is 3.05 bits per heavy atom. The van der Waals surface area contributed by atoms with E-state index in [9.17, 15) is 4.79 Å². The molecule has 3 rings (SSSR count). The lowest BCUT2D eigenvalue weighted by molar-refractivity contribution is -0.0149. The monoisotopic (exact) mass is 342 g/mol. The fourth-order valence-corrected chi connectivity index (χ4v) is 3.01. The first-order valence-electron chi connectivity index (χ1n) is 6.92. The van der Waals surface area contributed by atoms with Crippen molar-refractivity contribution >= 4 is 21.8 Å². The quantitative estimate of drug-likeness (QED) is 0.891. The van der Waals surface area contributed by atoms with Crippen LogP contribution in [0.15, 0.2) is 16.7 Å². The summed E-state index contributed by atoms with van der Waals surface area (Å²) >= 11 is 3.44. The highest BCUT2D eigenvalue weighted by atomic mass is 79.9. The van der Waals surface area contributed by atoms with E-state index in [0.29, 0.717) is 31.5 Å². The molecule has 1 N–H and O–H groups in total. The Kier molecular flexibility index (Phi) is 3.88. The Hall–Kier alpha value is -0.850. The van der Waals surface area contributed by atoms with E-state index in [4.69, 9.17) is 9.47 Å². The van der Waals surface area contributed by atoms with E-state index in [-0.39, 0.29) is 11.5 Å². The van der Waals surface area contributed by atoms with Crippen LogP contribution in [0.25, 0.3) is 0 Å². The van der Waals surface area contributed by atoms with Crippen molar-refractivity contribution in [1.29, 1.82) is 0 Å². The van der Waals surface area contributed by atoms with Crippen molar-refractivity contribution < 1.29 is 14.3 Å². The van der Waals surface area contributed by atoms with Crippen molar-refractivity contribution in [2.75, 3.05) is 26.9 Å². The molecule has 0 spiro atoms. The van der Waals surface area contributed by atoms with Gasteiger partial charge in [-0.25, -0.2) is 0 Å². The third kappa shape index (κ3) is 2.77. The van der Waals surface area contributed by atoms with Gasteiger partial charge >= 0.3 is 0 Å². The van der Waals surface area contributed by atoms with Gasteiger partial charge in [0.2, 0.25) is 0 Å². The zero-order valence-corrected chi connectivity index (χ0v) is 13.1. The Labute approximate surface area is 126 Å². The van der Waals surface area contributed by atoms with Gasteiger partial charge in [-0.15, -0.1) is 0 Å². The number of halogens is 1. The molecular formula is C14H19BrN2O3. The number of hydrogen-bond acceptors (Lipinski definition) is 3. The van der Waals surface area contributed by atoms with Gasteiger partial charge in [-0.1, -0.05) is 0 Å². The van der Waals surface area contributed by atoms with Crippen LogP contribution in [0.5, 0.6) is 0 Å². The van der Waals surface area contributed by atoms with Gasteiger partial charge in [0.1, 0.15) is 11.3 Å². The number of nitrogens with one attached hydrogen (secondary N) is 1. The molecule has 20 heavy (non-hydrogen) atoms. The molecule has 1 saturated carbocycles. The van der Waals surface area contributed by atoms with Gasteiger partial charge in [0.15, 0.2) is 0 Å². The highest BCUT2D eigenvalue weighted by molar-refractivity contribution is 9.10. The maximum Gasteiger partial charge on any atom is 0.268 e. The summed E-state index contributed by atoms with van der Waals surface area (Å²) in [5.74, 6) is -0.0501. The number of carbonyl (C=O) groups is 1. The van der Waals surface area contributed by atoms with Crippen molar-refractivity contribution in [3.8, 4) is 0 Å². The number of amides is 1. The Morgan fingerprint density at radius 2 is 2.45 bits per heavy atom. The van der Waals surface area contributed by atoms with Crippen LogP contribution in [0.4, 0.5) is 0 Å². The second-order valence-corrected chi connectivity index (χ2v) is 6.47. The molecule has 1 aromatic rings. The molecule has 1 aromatic heterocycles. The van der Waals surface area contributed by atoms with Gasteiger partial charge in [0.25, 0.3) is 5.91 Å². The molecule has 6 heteroatoms. The second-order valence-electron chi connectivity index (χ2n) is 5.55. The summed E-state index contributed by atoms with van der Waals surface area (Å²) in [6, 6.07) is 2.35. The minimum Gasteiger partial charge on any atom is -0.378 e. The molecule has 1 saturated heterocycles. The van der Waals surface area contributed by atoms with Crippen LogP contribution in [0.1, 0.15) is 35.8 Å². The molecule has 2 heterocycles. The Morgan fingerprint density at radius 1 is 1.65 bits per heavy atom. The number of ether oxygens (including phenoxy) is 2. The van der Waals surface area contributed by atoms with Crippen LogP contribution >= 0.6 is 15.9 Å². The first-order chi connectivity index (χ1) is 9.63. The summed E-state index contributed by atoms with van der Waals surface area (Å²) in [6.45, 7) is 1.71. The van der Waals surface area contributed by atoms with E-state index in [1.807, 2.05) is 12.3 Å². The second kappa shape index (κ2) is 5.50. The van der Waals surface area contributed by atoms with E-state index in [1.54, 1.807) is 7.11 Å². The van der Waals surface area contributed by atoms with Gasteiger partial charge in [-0.3, -0.25) is 4.79 Å². The Bertz CT molecular complexity index is 505. The molecule has 110 valence electrons. The fraction of sp³-hybridized carbons (Fsp3) is 0.643. The molecule has 1 unspecified atom stereocenters. The molecule has 0 radical (unpaired) electrons. The molecule has 2 aliphatic rings. The third-order valence-electron chi connectivity index (χ3n) is 4.06. The minimum absolute atomic E-state index is 0.0501. The summed E-state index contributed by atoms with van der Waals surface area (Å²) in [4.78, 5) is 12.4. The molecule has 2 fully saturated rings. The van der Waals surface area contributed by atoms with Crippen LogP contribution in [0.2, 0.25) is 0 Å². The largest absolute Gasteiger partial charge is 0.378 e. The Balaban J connectivity index is 1.67. The summed E-state index contributed by atoms with van der Waals surface area (Å²) in [5, 5.41) is 2.98. The normalized spacial score (nSPS) is 25.9. The third-order valence-corrected chi connectivity index (χ3v) is 4.49. The first kappa shape index (κ1) is 14.1. The minimum atomic E-state index is -0.371. The summed E-state index contributed by atoms with van der Waals surface area (Å²) in [6.07, 6.45) is 5.10. The van der Waals surface area contributed by atoms with Crippen LogP contribution in [-0.2, 0) is 9.47 Å². The van der Waals surface area contributed by atoms with Gasteiger partial charge in [-0.2, -0.15) is 0 Å². The summed E-state index contributed by atoms with van der Waals surface area (Å²) in [5.41, 5.74) is 0.341. The van der Waals surface area contributed by atoms with Crippen LogP contribution < -0.4 is 5.32 Å². The van der Waals surface area contributed by atoms with Crippen LogP contribution in [0.3, 0.4) is 0 Å². The lowest BCUT2D eigenvalue weighted by Crippen LogP contribution is -2.45. The average molecular weight is 343 g/mol. The number of rotatable bonds is 5. The highest BCUT2D eigenvalue weighted by Crippen LogP contribution is 2.37. The lowest BCUT2D eigenvalue weighted by atomic mass is 10.0. The van der Waals surface area contributed by atoms with E-state index < -0.39 is 0 Å². The molecule has 0 aromatic carbocycles. The van der Waals surface area contributed by atoms with Crippen molar-refractivity contribution in [2.45, 2.75) is 30.9 Å². The predicted octanol–water partition coefficient (Wildman–Crippen LogP) is 2.12. The van der Waals surface area contributed by atoms with Gasteiger partial charge in [0.05, 0.1) is 6.61 Å². The topological polar surface area (TPSA) is 52.5 Å². The summed E-state index contributed by atoms with van der Waals surface area (Å²) < 4.78 is 13.9. The van der Waals surface area contributed by atoms with Crippen molar-refractivity contribution in [1.82, 2.24) is 9.88 Å². The lowest BCUT2D eigenvalue weighted by Gasteiger charge is -2.25. The standard InChI is InChI=1S/C14H19BrN2O3/c1-19-14(4-5-20-9-14)8-16-13(18)12-6-10(15)7-17(12)11-2-3-11/h6-7,11H,2-5,8-9H2,1H3,(H,16,18). The van der Waals surface area contributed by atoms with Crippen molar-refractivity contribution in [3.63, 3.8) is 0 Å². The van der Waals surface area contributed by atoms with E-state index in [0.717, 1.165) is 23.7 Å². The smallest absolute Gasteiger partial charge is 0.268 e. The van der Waals surface area contributed by atoms with Crippen LogP contribution in [-0.4, -0.2) is 42.9 Å².